The van der Waals surface area contributed by atoms with Crippen molar-refractivity contribution in [3.05, 3.63) is 112 Å². The Kier molecular flexibility index (Phi) is 17.5. The fourth-order valence-corrected chi connectivity index (χ4v) is 5.06. The zero-order valence-electron chi connectivity index (χ0n) is 32.6. The second-order valence-electron chi connectivity index (χ2n) is 13.0. The Hall–Kier alpha value is -4.71. The lowest BCUT2D eigenvalue weighted by Crippen LogP contribution is -2.24. The molecule has 0 radical (unpaired) electrons. The number of primary amides is 1. The number of hydrogen-bond acceptors (Lipinski definition) is 8. The molecule has 0 atom stereocenters. The van der Waals surface area contributed by atoms with Crippen molar-refractivity contribution in [1.29, 1.82) is 0 Å². The van der Waals surface area contributed by atoms with Crippen LogP contribution in [0.25, 0.3) is 22.0 Å². The smallest absolute Gasteiger partial charge is 0.282 e. The van der Waals surface area contributed by atoms with Crippen LogP contribution >= 0.6 is 0 Å². The number of methoxy groups -OCH3 is 1. The molecular formula is C41H57FN6O4. The maximum atomic E-state index is 15.4. The first-order chi connectivity index (χ1) is 24.7. The molecule has 0 aliphatic carbocycles. The number of halogens is 1. The van der Waals surface area contributed by atoms with Crippen molar-refractivity contribution in [2.45, 2.75) is 80.4 Å². The number of hydrogen-bond donors (Lipinski definition) is 2. The number of benzene rings is 2. The van der Waals surface area contributed by atoms with Gasteiger partial charge in [-0.15, -0.1) is 0 Å². The molecule has 0 aliphatic rings. The predicted octanol–water partition coefficient (Wildman–Crippen LogP) is 7.77. The van der Waals surface area contributed by atoms with Gasteiger partial charge in [0.1, 0.15) is 17.3 Å². The zero-order valence-corrected chi connectivity index (χ0v) is 32.6. The summed E-state index contributed by atoms with van der Waals surface area (Å²) in [5.74, 6) is -0.894. The van der Waals surface area contributed by atoms with Crippen LogP contribution in [0.1, 0.15) is 84.1 Å². The fourth-order valence-electron chi connectivity index (χ4n) is 5.06. The molecule has 10 nitrogen and oxygen atoms in total. The standard InChI is InChI=1S/C36H43FN6O4.C3H8.C2H6/c1-8-47-22-28-27(23(2)16-30(34(38)44)41-32-13-12-24(19-39-32)21-42(6)14-15-46-7)10-9-11-31(28)43-35(45)33-25(20-40-43)17-26(18-29(33)37)36(3,4)5;1-3-2;1-2/h9-13,16-20H,2,8,14-15,21-22H2,1,3-7H3,(H2,38,44)(H,39,41);3H2,1-2H3;1-2H3/b30-16+;;. The van der Waals surface area contributed by atoms with Crippen LogP contribution in [0.5, 0.6) is 0 Å². The molecule has 52 heavy (non-hydrogen) atoms. The van der Waals surface area contributed by atoms with Gasteiger partial charge in [-0.1, -0.05) is 79.7 Å². The molecule has 2 heterocycles. The summed E-state index contributed by atoms with van der Waals surface area (Å²) in [6, 6.07) is 12.1. The molecule has 1 amide bonds. The number of carbonyl (C=O) groups is 1. The van der Waals surface area contributed by atoms with E-state index >= 15 is 4.39 Å². The van der Waals surface area contributed by atoms with Crippen molar-refractivity contribution in [2.24, 2.45) is 5.73 Å². The van der Waals surface area contributed by atoms with Gasteiger partial charge in [-0.25, -0.2) is 9.37 Å². The van der Waals surface area contributed by atoms with E-state index in [1.165, 1.54) is 29.4 Å². The van der Waals surface area contributed by atoms with Crippen molar-refractivity contribution < 1.29 is 18.7 Å². The summed E-state index contributed by atoms with van der Waals surface area (Å²) >= 11 is 0. The van der Waals surface area contributed by atoms with E-state index in [1.807, 2.05) is 54.7 Å². The highest BCUT2D eigenvalue weighted by Crippen LogP contribution is 2.29. The van der Waals surface area contributed by atoms with Crippen LogP contribution in [0, 0.1) is 5.82 Å². The molecule has 11 heteroatoms. The first kappa shape index (κ1) is 43.5. The zero-order chi connectivity index (χ0) is 39.0. The van der Waals surface area contributed by atoms with Crippen LogP contribution in [0.15, 0.2) is 78.0 Å². The molecule has 282 valence electrons. The Balaban J connectivity index is 0.00000178. The van der Waals surface area contributed by atoms with Gasteiger partial charge in [-0.2, -0.15) is 9.78 Å². The fraction of sp³-hybridized carbons (Fsp3) is 0.415. The summed E-state index contributed by atoms with van der Waals surface area (Å²) in [7, 11) is 3.66. The Bertz CT molecular complexity index is 1860. The van der Waals surface area contributed by atoms with Crippen LogP contribution in [0.2, 0.25) is 0 Å². The van der Waals surface area contributed by atoms with Crippen LogP contribution in [0.3, 0.4) is 0 Å². The first-order valence-electron chi connectivity index (χ1n) is 17.8. The van der Waals surface area contributed by atoms with E-state index in [0.717, 1.165) is 17.7 Å². The highest BCUT2D eigenvalue weighted by Gasteiger charge is 2.21. The third-order valence-electron chi connectivity index (χ3n) is 7.68. The molecule has 0 spiro atoms. The minimum atomic E-state index is -0.712. The number of allylic oxidation sites excluding steroid dienone is 2. The minimum absolute atomic E-state index is 0.0557. The average molecular weight is 717 g/mol. The van der Waals surface area contributed by atoms with E-state index in [1.54, 1.807) is 43.6 Å². The monoisotopic (exact) mass is 716 g/mol. The molecule has 3 N–H and O–H groups in total. The maximum Gasteiger partial charge on any atom is 0.282 e. The van der Waals surface area contributed by atoms with Gasteiger partial charge in [-0.05, 0) is 72.0 Å². The summed E-state index contributed by atoms with van der Waals surface area (Å²) in [5.41, 5.74) is 8.66. The number of nitrogens with two attached hydrogens (primary N) is 1. The number of fused-ring (bicyclic) bond motifs is 1. The number of ether oxygens (including phenoxy) is 2. The molecule has 0 saturated carbocycles. The van der Waals surface area contributed by atoms with Crippen LogP contribution < -0.4 is 16.6 Å². The molecular weight excluding hydrogens is 659 g/mol. The van der Waals surface area contributed by atoms with Gasteiger partial charge in [0.05, 0.1) is 30.5 Å². The number of nitrogens with zero attached hydrogens (tertiary/aromatic N) is 4. The largest absolute Gasteiger partial charge is 0.383 e. The average Bonchev–Trinajstić information content (AvgIpc) is 3.11. The first-order valence-corrected chi connectivity index (χ1v) is 17.8. The number of nitrogens with one attached hydrogen (secondary N) is 1. The van der Waals surface area contributed by atoms with E-state index in [0.29, 0.717) is 53.4 Å². The second-order valence-corrected chi connectivity index (χ2v) is 13.0. The van der Waals surface area contributed by atoms with Crippen molar-refractivity contribution in [2.75, 3.05) is 39.2 Å². The summed E-state index contributed by atoms with van der Waals surface area (Å²) in [6.45, 7) is 22.8. The molecule has 0 bridgehead atoms. The lowest BCUT2D eigenvalue weighted by atomic mass is 9.86. The van der Waals surface area contributed by atoms with E-state index in [9.17, 15) is 9.59 Å². The van der Waals surface area contributed by atoms with Crippen LogP contribution in [-0.2, 0) is 32.8 Å². The van der Waals surface area contributed by atoms with Gasteiger partial charge >= 0.3 is 0 Å². The Morgan fingerprint density at radius 3 is 2.38 bits per heavy atom. The van der Waals surface area contributed by atoms with Gasteiger partial charge in [-0.3, -0.25) is 14.5 Å². The number of amides is 1. The maximum absolute atomic E-state index is 15.4. The summed E-state index contributed by atoms with van der Waals surface area (Å²) in [6.07, 6.45) is 5.99. The predicted molar refractivity (Wildman–Crippen MR) is 211 cm³/mol. The van der Waals surface area contributed by atoms with Crippen molar-refractivity contribution in [1.82, 2.24) is 19.7 Å². The van der Waals surface area contributed by atoms with Crippen LogP contribution in [0.4, 0.5) is 10.2 Å². The molecule has 4 aromatic rings. The normalized spacial score (nSPS) is 11.4. The molecule has 2 aromatic carbocycles. The molecule has 0 unspecified atom stereocenters. The quantitative estimate of drug-likeness (QED) is 0.100. The SMILES string of the molecule is C=C(/C=C(/Nc1ccc(CN(C)CCOC)cn1)C(N)=O)c1cccc(-n2ncc3cc(C(C)(C)C)cc(F)c3c2=O)c1COCC.CC.CCC. The van der Waals surface area contributed by atoms with E-state index < -0.39 is 17.3 Å². The van der Waals surface area contributed by atoms with Crippen LogP contribution in [-0.4, -0.2) is 59.5 Å². The van der Waals surface area contributed by atoms with Crippen molar-refractivity contribution >= 4 is 28.1 Å². The second kappa shape index (κ2) is 21.0. The number of rotatable bonds is 14. The summed E-state index contributed by atoms with van der Waals surface area (Å²) in [5, 5.41) is 7.79. The minimum Gasteiger partial charge on any atom is -0.383 e. The van der Waals surface area contributed by atoms with Crippen molar-refractivity contribution in [3.8, 4) is 5.69 Å². The Morgan fingerprint density at radius 2 is 1.81 bits per heavy atom. The van der Waals surface area contributed by atoms with E-state index in [4.69, 9.17) is 15.2 Å². The molecule has 2 aromatic heterocycles. The number of carbonyl (C=O) groups excluding carboxylic acids is 1. The summed E-state index contributed by atoms with van der Waals surface area (Å²) in [4.78, 5) is 32.8. The van der Waals surface area contributed by atoms with Gasteiger partial charge in [0.25, 0.3) is 11.5 Å². The summed E-state index contributed by atoms with van der Waals surface area (Å²) < 4.78 is 27.5. The highest BCUT2D eigenvalue weighted by molar-refractivity contribution is 5.98. The number of likely N-dealkylation sites (N-methyl/N-ethyl adjacent to an activating group) is 1. The van der Waals surface area contributed by atoms with Crippen molar-refractivity contribution in [3.63, 3.8) is 0 Å². The van der Waals surface area contributed by atoms with E-state index in [2.05, 4.69) is 40.7 Å². The Morgan fingerprint density at radius 1 is 1.12 bits per heavy atom. The number of pyridine rings is 1. The topological polar surface area (TPSA) is 125 Å². The molecule has 0 saturated heterocycles. The van der Waals surface area contributed by atoms with Gasteiger partial charge < -0.3 is 20.5 Å². The van der Waals surface area contributed by atoms with Gasteiger partial charge in [0, 0.05) is 44.0 Å². The molecule has 4 rings (SSSR count). The number of anilines is 1. The molecule has 0 aliphatic heterocycles. The third-order valence-corrected chi connectivity index (χ3v) is 7.68. The highest BCUT2D eigenvalue weighted by atomic mass is 19.1. The third kappa shape index (κ3) is 11.9. The van der Waals surface area contributed by atoms with Gasteiger partial charge in [0.2, 0.25) is 0 Å². The van der Waals surface area contributed by atoms with Gasteiger partial charge in [0.15, 0.2) is 0 Å². The Labute approximate surface area is 308 Å². The lowest BCUT2D eigenvalue weighted by molar-refractivity contribution is -0.114. The number of aromatic nitrogens is 3. The van der Waals surface area contributed by atoms with E-state index in [-0.39, 0.29) is 23.1 Å². The molecule has 0 fully saturated rings. The lowest BCUT2D eigenvalue weighted by Gasteiger charge is -2.20.